The Bertz CT molecular complexity index is 502. The van der Waals surface area contributed by atoms with Crippen LogP contribution in [-0.4, -0.2) is 9.55 Å². The Morgan fingerprint density at radius 3 is 2.29 bits per heavy atom. The Balaban J connectivity index is 2.30. The SMILES string of the molecule is FC(F)(F)c1cn(-c2ccc(CCl)cc2)cn1. The molecular formula is C11H8ClF3N2. The average molecular weight is 261 g/mol. The number of imidazole rings is 1. The molecule has 0 aliphatic carbocycles. The van der Waals surface area contributed by atoms with Crippen LogP contribution in [0.1, 0.15) is 11.3 Å². The number of hydrogen-bond donors (Lipinski definition) is 0. The molecule has 0 aliphatic rings. The van der Waals surface area contributed by atoms with Crippen molar-refractivity contribution >= 4 is 11.6 Å². The molecular weight excluding hydrogens is 253 g/mol. The first kappa shape index (κ1) is 12.0. The number of nitrogens with zero attached hydrogens (tertiary/aromatic N) is 2. The fourth-order valence-corrected chi connectivity index (χ4v) is 1.55. The van der Waals surface area contributed by atoms with Crippen LogP contribution in [0.3, 0.4) is 0 Å². The van der Waals surface area contributed by atoms with Gasteiger partial charge in [-0.1, -0.05) is 12.1 Å². The van der Waals surface area contributed by atoms with Crippen LogP contribution in [0.25, 0.3) is 5.69 Å². The lowest BCUT2D eigenvalue weighted by Gasteiger charge is -2.03. The van der Waals surface area contributed by atoms with Crippen LogP contribution in [0.15, 0.2) is 36.8 Å². The van der Waals surface area contributed by atoms with Crippen molar-refractivity contribution in [3.05, 3.63) is 48.0 Å². The van der Waals surface area contributed by atoms with Gasteiger partial charge in [0.2, 0.25) is 0 Å². The van der Waals surface area contributed by atoms with Crippen molar-refractivity contribution in [1.29, 1.82) is 0 Å². The molecule has 0 amide bonds. The lowest BCUT2D eigenvalue weighted by molar-refractivity contribution is -0.140. The zero-order valence-electron chi connectivity index (χ0n) is 8.58. The minimum atomic E-state index is -4.42. The smallest absolute Gasteiger partial charge is 0.306 e. The summed E-state index contributed by atoms with van der Waals surface area (Å²) in [6.07, 6.45) is -2.32. The molecule has 0 saturated heterocycles. The summed E-state index contributed by atoms with van der Waals surface area (Å²) in [5.41, 5.74) is 0.618. The molecule has 0 spiro atoms. The molecule has 2 aromatic rings. The number of rotatable bonds is 2. The number of aromatic nitrogens is 2. The van der Waals surface area contributed by atoms with Crippen molar-refractivity contribution in [2.75, 3.05) is 0 Å². The summed E-state index contributed by atoms with van der Waals surface area (Å²) >= 11 is 5.62. The second-order valence-corrected chi connectivity index (χ2v) is 3.73. The Kier molecular flexibility index (Phi) is 3.11. The van der Waals surface area contributed by atoms with Crippen LogP contribution in [0.4, 0.5) is 13.2 Å². The maximum atomic E-state index is 12.3. The van der Waals surface area contributed by atoms with Crippen LogP contribution in [-0.2, 0) is 12.1 Å². The lowest BCUT2D eigenvalue weighted by Crippen LogP contribution is -2.04. The van der Waals surface area contributed by atoms with E-state index in [4.69, 9.17) is 11.6 Å². The average Bonchev–Trinajstić information content (AvgIpc) is 2.78. The van der Waals surface area contributed by atoms with Crippen LogP contribution >= 0.6 is 11.6 Å². The first-order valence-corrected chi connectivity index (χ1v) is 5.30. The number of alkyl halides is 4. The molecule has 0 radical (unpaired) electrons. The van der Waals surface area contributed by atoms with E-state index >= 15 is 0 Å². The number of halogens is 4. The predicted molar refractivity (Wildman–Crippen MR) is 58.1 cm³/mol. The largest absolute Gasteiger partial charge is 0.434 e. The van der Waals surface area contributed by atoms with Crippen molar-refractivity contribution < 1.29 is 13.2 Å². The normalized spacial score (nSPS) is 11.8. The molecule has 0 saturated carbocycles. The highest BCUT2D eigenvalue weighted by molar-refractivity contribution is 6.17. The third-order valence-electron chi connectivity index (χ3n) is 2.26. The highest BCUT2D eigenvalue weighted by atomic mass is 35.5. The van der Waals surface area contributed by atoms with Gasteiger partial charge < -0.3 is 4.57 Å². The minimum absolute atomic E-state index is 0.373. The summed E-state index contributed by atoms with van der Waals surface area (Å²) in [5.74, 6) is 0.373. The highest BCUT2D eigenvalue weighted by Gasteiger charge is 2.33. The van der Waals surface area contributed by atoms with Gasteiger partial charge in [-0.25, -0.2) is 4.98 Å². The van der Waals surface area contributed by atoms with Gasteiger partial charge in [0.1, 0.15) is 0 Å². The minimum Gasteiger partial charge on any atom is -0.306 e. The van der Waals surface area contributed by atoms with Crippen molar-refractivity contribution in [1.82, 2.24) is 9.55 Å². The molecule has 1 heterocycles. The molecule has 1 aromatic carbocycles. The van der Waals surface area contributed by atoms with Crippen molar-refractivity contribution in [3.63, 3.8) is 0 Å². The third-order valence-corrected chi connectivity index (χ3v) is 2.57. The van der Waals surface area contributed by atoms with Gasteiger partial charge in [0, 0.05) is 17.8 Å². The first-order valence-electron chi connectivity index (χ1n) is 4.77. The van der Waals surface area contributed by atoms with Crippen LogP contribution in [0.2, 0.25) is 0 Å². The Hall–Kier alpha value is -1.49. The zero-order valence-corrected chi connectivity index (χ0v) is 9.33. The monoisotopic (exact) mass is 260 g/mol. The van der Waals surface area contributed by atoms with Crippen LogP contribution < -0.4 is 0 Å². The zero-order chi connectivity index (χ0) is 12.5. The molecule has 90 valence electrons. The maximum Gasteiger partial charge on any atom is 0.434 e. The van der Waals surface area contributed by atoms with Gasteiger partial charge in [0.15, 0.2) is 5.69 Å². The lowest BCUT2D eigenvalue weighted by atomic mass is 10.2. The number of hydrogen-bond acceptors (Lipinski definition) is 1. The summed E-state index contributed by atoms with van der Waals surface area (Å²) in [6.45, 7) is 0. The molecule has 0 fully saturated rings. The Morgan fingerprint density at radius 1 is 1.18 bits per heavy atom. The summed E-state index contributed by atoms with van der Waals surface area (Å²) in [5, 5.41) is 0. The second-order valence-electron chi connectivity index (χ2n) is 3.46. The molecule has 17 heavy (non-hydrogen) atoms. The molecule has 0 atom stereocenters. The van der Waals surface area contributed by atoms with E-state index in [0.717, 1.165) is 18.1 Å². The second kappa shape index (κ2) is 4.41. The summed E-state index contributed by atoms with van der Waals surface area (Å²) in [7, 11) is 0. The summed E-state index contributed by atoms with van der Waals surface area (Å²) in [4.78, 5) is 3.32. The quantitative estimate of drug-likeness (QED) is 0.754. The number of benzene rings is 1. The van der Waals surface area contributed by atoms with E-state index in [1.807, 2.05) is 0 Å². The van der Waals surface area contributed by atoms with Crippen LogP contribution in [0.5, 0.6) is 0 Å². The molecule has 2 nitrogen and oxygen atoms in total. The third kappa shape index (κ3) is 2.61. The first-order chi connectivity index (χ1) is 8.00. The van der Waals surface area contributed by atoms with Gasteiger partial charge >= 0.3 is 6.18 Å². The molecule has 0 unspecified atom stereocenters. The van der Waals surface area contributed by atoms with Gasteiger partial charge in [-0.05, 0) is 17.7 Å². The highest BCUT2D eigenvalue weighted by Crippen LogP contribution is 2.28. The maximum absolute atomic E-state index is 12.3. The molecule has 1 aromatic heterocycles. The molecule has 6 heteroatoms. The fourth-order valence-electron chi connectivity index (χ4n) is 1.37. The van der Waals surface area contributed by atoms with E-state index in [1.165, 1.54) is 4.57 Å². The van der Waals surface area contributed by atoms with E-state index in [1.54, 1.807) is 24.3 Å². The Labute approximate surface area is 101 Å². The standard InChI is InChI=1S/C11H8ClF3N2/c12-5-8-1-3-9(4-2-8)17-6-10(16-7-17)11(13,14)15/h1-4,6-7H,5H2. The van der Waals surface area contributed by atoms with E-state index in [-0.39, 0.29) is 0 Å². The molecule has 0 N–H and O–H groups in total. The predicted octanol–water partition coefficient (Wildman–Crippen LogP) is 3.63. The van der Waals surface area contributed by atoms with Crippen LogP contribution in [0, 0.1) is 0 Å². The molecule has 2 rings (SSSR count). The van der Waals surface area contributed by atoms with Crippen molar-refractivity contribution in [2.24, 2.45) is 0 Å². The Morgan fingerprint density at radius 2 is 1.82 bits per heavy atom. The van der Waals surface area contributed by atoms with Crippen molar-refractivity contribution in [2.45, 2.75) is 12.1 Å². The van der Waals surface area contributed by atoms with E-state index < -0.39 is 11.9 Å². The van der Waals surface area contributed by atoms with E-state index in [0.29, 0.717) is 11.6 Å². The summed E-state index contributed by atoms with van der Waals surface area (Å²) < 4.78 is 38.3. The van der Waals surface area contributed by atoms with Crippen molar-refractivity contribution in [3.8, 4) is 5.69 Å². The molecule has 0 aliphatic heterocycles. The summed E-state index contributed by atoms with van der Waals surface area (Å²) in [6, 6.07) is 6.91. The fraction of sp³-hybridized carbons (Fsp3) is 0.182. The van der Waals surface area contributed by atoms with Gasteiger partial charge in [0.25, 0.3) is 0 Å². The van der Waals surface area contributed by atoms with Gasteiger partial charge in [-0.3, -0.25) is 0 Å². The van der Waals surface area contributed by atoms with Gasteiger partial charge in [-0.2, -0.15) is 13.2 Å². The van der Waals surface area contributed by atoms with E-state index in [2.05, 4.69) is 4.98 Å². The topological polar surface area (TPSA) is 17.8 Å². The van der Waals surface area contributed by atoms with E-state index in [9.17, 15) is 13.2 Å². The van der Waals surface area contributed by atoms with Gasteiger partial charge in [-0.15, -0.1) is 11.6 Å². The molecule has 0 bridgehead atoms. The van der Waals surface area contributed by atoms with Gasteiger partial charge in [0.05, 0.1) is 6.33 Å².